The molecule has 8 nitrogen and oxygen atoms in total. The Hall–Kier alpha value is -6.06. The first-order valence-corrected chi connectivity index (χ1v) is 26.1. The number of carbonyl (C=O) groups excluding carboxylic acids is 5. The third-order valence-corrected chi connectivity index (χ3v) is 12.6. The predicted molar refractivity (Wildman–Crippen MR) is 302 cm³/mol. The van der Waals surface area contributed by atoms with Crippen molar-refractivity contribution in [2.75, 3.05) is 12.9 Å². The van der Waals surface area contributed by atoms with E-state index in [9.17, 15) is 24.0 Å². The molecule has 0 radical (unpaired) electrons. The maximum Gasteiger partial charge on any atom is 0.308 e. The fraction of sp³-hybridized carbons (Fsp3) is 0.413. The summed E-state index contributed by atoms with van der Waals surface area (Å²) >= 11 is 1.62. The zero-order valence-corrected chi connectivity index (χ0v) is 47.0. The number of hydrogen-bond donors (Lipinski definition) is 1. The molecule has 1 N–H and O–H groups in total. The normalized spacial score (nSPS) is 12.6. The number of hydrogen-bond acceptors (Lipinski definition) is 9. The molecule has 6 rings (SSSR count). The van der Waals surface area contributed by atoms with E-state index in [2.05, 4.69) is 69.9 Å². The van der Waals surface area contributed by atoms with Gasteiger partial charge in [0, 0.05) is 40.6 Å². The highest BCUT2D eigenvalue weighted by Gasteiger charge is 2.26. The van der Waals surface area contributed by atoms with Gasteiger partial charge in [-0.3, -0.25) is 24.0 Å². The minimum atomic E-state index is -0.149. The number of esters is 1. The standard InChI is InChI=1S/C12H18.2C11H14O2.C11H14O.C10H12O.C8H13NOS/c1-10(2)12(3,4)11-8-6-5-7-9-11;1-8(2)11(12)9-6-4-5-7-10(9)13-3;1-9(2)11(12)13-8-10-6-4-3-5-7-10;1-8(2)11(12)10-6-4-9(3)5-7-10;1-8(2)10(11)9-6-4-3-5-7-9;1-5(2)8(10)7-4-11-6(3)9-7/h5-10H,1-4H3;4-8H,1-3H3;3-7,9H,8H2,1-2H3;4-8H,1-3H3;3-8H,1-2H3;5,7,9H,3-4H2,1-2H3/t;;;;;7-/m.....0/s1. The molecule has 1 aliphatic rings. The average Bonchev–Trinajstić information content (AvgIpc) is 3.82. The van der Waals surface area contributed by atoms with Crippen LogP contribution >= 0.6 is 11.8 Å². The Morgan fingerprint density at radius 3 is 1.44 bits per heavy atom. The molecule has 1 heterocycles. The highest BCUT2D eigenvalue weighted by Crippen LogP contribution is 2.30. The Kier molecular flexibility index (Phi) is 29.8. The highest BCUT2D eigenvalue weighted by molar-refractivity contribution is 8.03. The van der Waals surface area contributed by atoms with Crippen LogP contribution in [0.1, 0.15) is 145 Å². The first kappa shape index (κ1) is 64.0. The maximum absolute atomic E-state index is 11.6. The second-order valence-electron chi connectivity index (χ2n) is 20.0. The van der Waals surface area contributed by atoms with E-state index >= 15 is 0 Å². The van der Waals surface area contributed by atoms with Crippen molar-refractivity contribution in [3.8, 4) is 5.75 Å². The van der Waals surface area contributed by atoms with Crippen LogP contribution in [0.25, 0.3) is 0 Å². The van der Waals surface area contributed by atoms with Crippen molar-refractivity contribution in [2.24, 2.45) is 35.5 Å². The van der Waals surface area contributed by atoms with Gasteiger partial charge in [0.15, 0.2) is 23.1 Å². The number of Topliss-reactive ketones (excluding diaryl/α,β-unsaturated/α-hetero) is 4. The molecule has 5 aromatic carbocycles. The highest BCUT2D eigenvalue weighted by atomic mass is 32.2. The number of aryl methyl sites for hydroxylation is 1. The van der Waals surface area contributed by atoms with Crippen LogP contribution in [0.4, 0.5) is 0 Å². The Morgan fingerprint density at radius 1 is 0.583 bits per heavy atom. The minimum Gasteiger partial charge on any atom is -0.496 e. The summed E-state index contributed by atoms with van der Waals surface area (Å²) in [5.74, 6) is 3.14. The molecule has 0 aromatic heterocycles. The molecular weight excluding hydrogens is 915 g/mol. The smallest absolute Gasteiger partial charge is 0.308 e. The van der Waals surface area contributed by atoms with Crippen LogP contribution < -0.4 is 10.1 Å². The van der Waals surface area contributed by atoms with Crippen molar-refractivity contribution in [1.82, 2.24) is 5.32 Å². The van der Waals surface area contributed by atoms with E-state index in [-0.39, 0.29) is 64.7 Å². The van der Waals surface area contributed by atoms with E-state index in [4.69, 9.17) is 9.47 Å². The molecule has 0 saturated carbocycles. The van der Waals surface area contributed by atoms with Gasteiger partial charge < -0.3 is 14.8 Å². The van der Waals surface area contributed by atoms with Crippen LogP contribution in [-0.4, -0.2) is 48.0 Å². The van der Waals surface area contributed by atoms with E-state index in [1.807, 2.05) is 173 Å². The van der Waals surface area contributed by atoms with E-state index in [1.54, 1.807) is 31.0 Å². The molecule has 0 bridgehead atoms. The van der Waals surface area contributed by atoms with Gasteiger partial charge in [-0.1, -0.05) is 236 Å². The lowest BCUT2D eigenvalue weighted by Crippen LogP contribution is -2.35. The third kappa shape index (κ3) is 23.9. The summed E-state index contributed by atoms with van der Waals surface area (Å²) in [7, 11) is 1.58. The number of carbonyl (C=O) groups is 5. The number of thioether (sulfide) groups is 1. The fourth-order valence-electron chi connectivity index (χ4n) is 6.26. The van der Waals surface area contributed by atoms with Gasteiger partial charge in [-0.25, -0.2) is 0 Å². The number of methoxy groups -OCH3 is 1. The number of rotatable bonds is 14. The van der Waals surface area contributed by atoms with Gasteiger partial charge in [0.25, 0.3) is 0 Å². The molecule has 0 amide bonds. The summed E-state index contributed by atoms with van der Waals surface area (Å²) in [6.07, 6.45) is 0. The van der Waals surface area contributed by atoms with E-state index in [0.29, 0.717) is 29.3 Å². The fourth-order valence-corrected chi connectivity index (χ4v) is 7.10. The van der Waals surface area contributed by atoms with Gasteiger partial charge in [0.2, 0.25) is 0 Å². The molecule has 0 aliphatic carbocycles. The molecular formula is C63H85NO7S. The molecule has 1 fully saturated rings. The molecule has 1 atom stereocenters. The van der Waals surface area contributed by atoms with Crippen LogP contribution in [0.5, 0.6) is 5.75 Å². The van der Waals surface area contributed by atoms with Gasteiger partial charge in [-0.2, -0.15) is 0 Å². The lowest BCUT2D eigenvalue weighted by molar-refractivity contribution is -0.148. The van der Waals surface area contributed by atoms with E-state index in [1.165, 1.54) is 11.1 Å². The Labute approximate surface area is 438 Å². The number of benzene rings is 5. The zero-order valence-electron chi connectivity index (χ0n) is 46.2. The summed E-state index contributed by atoms with van der Waals surface area (Å²) in [5, 5.41) is 3.97. The number of ether oxygens (including phenoxy) is 2. The third-order valence-electron chi connectivity index (χ3n) is 11.7. The molecule has 390 valence electrons. The molecule has 9 heteroatoms. The topological polar surface area (TPSA) is 116 Å². The summed E-state index contributed by atoms with van der Waals surface area (Å²) in [6, 6.07) is 44.8. The van der Waals surface area contributed by atoms with Gasteiger partial charge in [0.1, 0.15) is 12.4 Å². The van der Waals surface area contributed by atoms with Crippen LogP contribution in [0.2, 0.25) is 0 Å². The molecule has 1 saturated heterocycles. The van der Waals surface area contributed by atoms with Crippen molar-refractivity contribution >= 4 is 40.9 Å². The van der Waals surface area contributed by atoms with Crippen LogP contribution in [0, 0.1) is 42.4 Å². The largest absolute Gasteiger partial charge is 0.496 e. The Morgan fingerprint density at radius 2 is 1.03 bits per heavy atom. The minimum absolute atomic E-state index is 0.00694. The maximum atomic E-state index is 11.6. The lowest BCUT2D eigenvalue weighted by Gasteiger charge is -2.29. The van der Waals surface area contributed by atoms with Crippen molar-refractivity contribution in [2.45, 2.75) is 122 Å². The summed E-state index contributed by atoms with van der Waals surface area (Å²) in [6.45, 7) is 34.2. The molecule has 1 aliphatic heterocycles. The lowest BCUT2D eigenvalue weighted by atomic mass is 9.75. The number of nitrogens with one attached hydrogen (secondary N) is 1. The predicted octanol–water partition coefficient (Wildman–Crippen LogP) is 15.3. The van der Waals surface area contributed by atoms with Gasteiger partial charge in [-0.05, 0) is 41.5 Å². The van der Waals surface area contributed by atoms with Gasteiger partial charge >= 0.3 is 5.97 Å². The van der Waals surface area contributed by atoms with Crippen LogP contribution in [0.3, 0.4) is 0 Å². The monoisotopic (exact) mass is 1000 g/mol. The van der Waals surface area contributed by atoms with Crippen LogP contribution in [-0.2, 0) is 26.3 Å². The molecule has 72 heavy (non-hydrogen) atoms. The second kappa shape index (κ2) is 33.6. The van der Waals surface area contributed by atoms with Crippen molar-refractivity contribution in [1.29, 1.82) is 0 Å². The molecule has 0 spiro atoms. The first-order chi connectivity index (χ1) is 33.8. The quantitative estimate of drug-likeness (QED) is 0.0857. The van der Waals surface area contributed by atoms with Crippen LogP contribution in [0.15, 0.2) is 151 Å². The summed E-state index contributed by atoms with van der Waals surface area (Å²) in [5.41, 5.74) is 6.23. The van der Waals surface area contributed by atoms with E-state index in [0.717, 1.165) is 27.5 Å². The first-order valence-electron chi connectivity index (χ1n) is 25.1. The van der Waals surface area contributed by atoms with Gasteiger partial charge in [-0.15, -0.1) is 11.8 Å². The molecule has 5 aromatic rings. The van der Waals surface area contributed by atoms with Crippen molar-refractivity contribution in [3.05, 3.63) is 185 Å². The second-order valence-corrected chi connectivity index (χ2v) is 21.1. The summed E-state index contributed by atoms with van der Waals surface area (Å²) in [4.78, 5) is 56.9. The SMILES string of the molecule is C=C1N[C@H](C(=O)C(C)C)CS1.CC(C)C(=O)OCc1ccccc1.CC(C)C(=O)c1ccccc1.CC(C)C(C)(C)c1ccccc1.COc1ccccc1C(=O)C(C)C.Cc1ccc(C(=O)C(C)C)cc1. The van der Waals surface area contributed by atoms with E-state index < -0.39 is 0 Å². The summed E-state index contributed by atoms with van der Waals surface area (Å²) < 4.78 is 10.1. The van der Waals surface area contributed by atoms with Gasteiger partial charge in [0.05, 0.1) is 29.7 Å². The molecule has 0 unspecified atom stereocenters. The number of ketones is 4. The average molecular weight is 1000 g/mol. The Bertz CT molecular complexity index is 2370. The number of para-hydroxylation sites is 1. The zero-order chi connectivity index (χ0) is 54.6. The van der Waals surface area contributed by atoms with Crippen molar-refractivity contribution in [3.63, 3.8) is 0 Å². The Balaban J connectivity index is 0.000000432. The van der Waals surface area contributed by atoms with Crippen molar-refractivity contribution < 1.29 is 33.4 Å².